The second-order valence-electron chi connectivity index (χ2n) is 3.83. The number of unbranched alkanes of at least 4 members (excludes halogenated alkanes) is 1. The highest BCUT2D eigenvalue weighted by Crippen LogP contribution is 2.19. The van der Waals surface area contributed by atoms with Gasteiger partial charge in [-0.2, -0.15) is 0 Å². The first-order valence-electron chi connectivity index (χ1n) is 5.61. The van der Waals surface area contributed by atoms with Gasteiger partial charge in [0, 0.05) is 13.7 Å². The molecule has 0 radical (unpaired) electrons. The lowest BCUT2D eigenvalue weighted by Crippen LogP contribution is -2.02. The molecule has 0 aliphatic heterocycles. The van der Waals surface area contributed by atoms with E-state index < -0.39 is 5.97 Å². The van der Waals surface area contributed by atoms with Crippen molar-refractivity contribution >= 4 is 5.97 Å². The number of aromatic carboxylic acids is 1. The highest BCUT2D eigenvalue weighted by atomic mass is 16.5. The molecule has 0 aliphatic carbocycles. The molecule has 1 rings (SSSR count). The Balaban J connectivity index is 2.46. The fourth-order valence-corrected chi connectivity index (χ4v) is 1.47. The van der Waals surface area contributed by atoms with Gasteiger partial charge in [-0.05, 0) is 43.5 Å². The highest BCUT2D eigenvalue weighted by molar-refractivity contribution is 5.88. The number of aryl methyl sites for hydroxylation is 1. The van der Waals surface area contributed by atoms with Gasteiger partial charge in [0.2, 0.25) is 0 Å². The summed E-state index contributed by atoms with van der Waals surface area (Å²) in [6, 6.07) is 4.88. The molecule has 94 valence electrons. The monoisotopic (exact) mass is 238 g/mol. The smallest absolute Gasteiger partial charge is 0.335 e. The molecule has 0 heterocycles. The minimum atomic E-state index is -0.917. The van der Waals surface area contributed by atoms with Crippen molar-refractivity contribution in [2.45, 2.75) is 19.8 Å². The summed E-state index contributed by atoms with van der Waals surface area (Å²) in [5.41, 5.74) is 1.13. The third kappa shape index (κ3) is 4.44. The first-order valence-corrected chi connectivity index (χ1v) is 5.61. The molecule has 0 amide bonds. The van der Waals surface area contributed by atoms with Crippen molar-refractivity contribution in [2.24, 2.45) is 0 Å². The average Bonchev–Trinajstić information content (AvgIpc) is 2.30. The minimum Gasteiger partial charge on any atom is -0.493 e. The van der Waals surface area contributed by atoms with E-state index in [0.29, 0.717) is 6.61 Å². The maximum atomic E-state index is 10.7. The van der Waals surface area contributed by atoms with Gasteiger partial charge in [0.15, 0.2) is 0 Å². The van der Waals surface area contributed by atoms with Crippen molar-refractivity contribution in [3.8, 4) is 5.75 Å². The molecule has 0 aliphatic rings. The Morgan fingerprint density at radius 2 is 2.00 bits per heavy atom. The molecule has 0 unspecified atom stereocenters. The van der Waals surface area contributed by atoms with E-state index in [1.807, 2.05) is 6.92 Å². The third-order valence-corrected chi connectivity index (χ3v) is 2.42. The molecule has 0 aromatic heterocycles. The Hall–Kier alpha value is -1.55. The second kappa shape index (κ2) is 6.91. The number of benzene rings is 1. The number of rotatable bonds is 7. The van der Waals surface area contributed by atoms with Crippen molar-refractivity contribution in [1.82, 2.24) is 0 Å². The van der Waals surface area contributed by atoms with E-state index in [4.69, 9.17) is 14.6 Å². The number of ether oxygens (including phenoxy) is 2. The van der Waals surface area contributed by atoms with Crippen LogP contribution in [-0.4, -0.2) is 31.4 Å². The minimum absolute atomic E-state index is 0.286. The van der Waals surface area contributed by atoms with Crippen LogP contribution in [0.5, 0.6) is 5.75 Å². The van der Waals surface area contributed by atoms with Crippen molar-refractivity contribution in [2.75, 3.05) is 20.3 Å². The number of carbonyl (C=O) groups is 1. The van der Waals surface area contributed by atoms with Gasteiger partial charge in [-0.15, -0.1) is 0 Å². The van der Waals surface area contributed by atoms with Crippen molar-refractivity contribution < 1.29 is 19.4 Å². The van der Waals surface area contributed by atoms with Gasteiger partial charge in [0.1, 0.15) is 5.75 Å². The van der Waals surface area contributed by atoms with Crippen LogP contribution in [0.2, 0.25) is 0 Å². The molecule has 4 heteroatoms. The van der Waals surface area contributed by atoms with Crippen LogP contribution in [0.4, 0.5) is 0 Å². The molecule has 0 fully saturated rings. The van der Waals surface area contributed by atoms with Crippen LogP contribution in [0.3, 0.4) is 0 Å². The van der Waals surface area contributed by atoms with Crippen LogP contribution in [0, 0.1) is 6.92 Å². The molecular weight excluding hydrogens is 220 g/mol. The SMILES string of the molecule is COCCCCOc1ccc(C(=O)O)cc1C. The van der Waals surface area contributed by atoms with E-state index in [2.05, 4.69) is 0 Å². The predicted octanol–water partition coefficient (Wildman–Crippen LogP) is 2.50. The molecule has 0 saturated heterocycles. The summed E-state index contributed by atoms with van der Waals surface area (Å²) >= 11 is 0. The number of carboxylic acids is 1. The van der Waals surface area contributed by atoms with E-state index in [0.717, 1.165) is 30.8 Å². The lowest BCUT2D eigenvalue weighted by molar-refractivity contribution is 0.0696. The van der Waals surface area contributed by atoms with Gasteiger partial charge in [0.25, 0.3) is 0 Å². The Labute approximate surface area is 101 Å². The zero-order chi connectivity index (χ0) is 12.7. The molecule has 4 nitrogen and oxygen atoms in total. The summed E-state index contributed by atoms with van der Waals surface area (Å²) in [5, 5.41) is 8.82. The molecule has 0 spiro atoms. The van der Waals surface area contributed by atoms with Gasteiger partial charge in [-0.3, -0.25) is 0 Å². The van der Waals surface area contributed by atoms with Crippen LogP contribution in [0.15, 0.2) is 18.2 Å². The van der Waals surface area contributed by atoms with E-state index in [9.17, 15) is 4.79 Å². The number of methoxy groups -OCH3 is 1. The van der Waals surface area contributed by atoms with Gasteiger partial charge in [0.05, 0.1) is 12.2 Å². The van der Waals surface area contributed by atoms with Crippen LogP contribution in [0.25, 0.3) is 0 Å². The third-order valence-electron chi connectivity index (χ3n) is 2.42. The fourth-order valence-electron chi connectivity index (χ4n) is 1.47. The Bertz CT molecular complexity index is 374. The average molecular weight is 238 g/mol. The first-order chi connectivity index (χ1) is 8.15. The van der Waals surface area contributed by atoms with Crippen LogP contribution in [-0.2, 0) is 4.74 Å². The van der Waals surface area contributed by atoms with Crippen molar-refractivity contribution in [3.05, 3.63) is 29.3 Å². The highest BCUT2D eigenvalue weighted by Gasteiger charge is 2.06. The van der Waals surface area contributed by atoms with Crippen molar-refractivity contribution in [3.63, 3.8) is 0 Å². The molecule has 0 atom stereocenters. The topological polar surface area (TPSA) is 55.8 Å². The van der Waals surface area contributed by atoms with Crippen LogP contribution < -0.4 is 4.74 Å². The number of hydrogen-bond donors (Lipinski definition) is 1. The maximum Gasteiger partial charge on any atom is 0.335 e. The molecule has 1 aromatic carbocycles. The summed E-state index contributed by atoms with van der Waals surface area (Å²) in [6.45, 7) is 3.20. The fraction of sp³-hybridized carbons (Fsp3) is 0.462. The van der Waals surface area contributed by atoms with E-state index >= 15 is 0 Å². The Kier molecular flexibility index (Phi) is 5.49. The van der Waals surface area contributed by atoms with Gasteiger partial charge in [-0.25, -0.2) is 4.79 Å². The molecular formula is C13H18O4. The Morgan fingerprint density at radius 1 is 1.29 bits per heavy atom. The molecule has 0 bridgehead atoms. The number of hydrogen-bond acceptors (Lipinski definition) is 3. The van der Waals surface area contributed by atoms with E-state index in [-0.39, 0.29) is 5.56 Å². The molecule has 1 N–H and O–H groups in total. The first kappa shape index (κ1) is 13.5. The van der Waals surface area contributed by atoms with Gasteiger partial charge in [-0.1, -0.05) is 0 Å². The van der Waals surface area contributed by atoms with E-state index in [1.165, 1.54) is 0 Å². The van der Waals surface area contributed by atoms with Gasteiger partial charge < -0.3 is 14.6 Å². The van der Waals surface area contributed by atoms with Crippen molar-refractivity contribution in [1.29, 1.82) is 0 Å². The zero-order valence-electron chi connectivity index (χ0n) is 10.2. The lowest BCUT2D eigenvalue weighted by Gasteiger charge is -2.09. The molecule has 17 heavy (non-hydrogen) atoms. The summed E-state index contributed by atoms with van der Waals surface area (Å²) < 4.78 is 10.5. The summed E-state index contributed by atoms with van der Waals surface area (Å²) in [6.07, 6.45) is 1.89. The lowest BCUT2D eigenvalue weighted by atomic mass is 10.1. The predicted molar refractivity (Wildman–Crippen MR) is 64.7 cm³/mol. The number of carboxylic acid groups (broad SMARTS) is 1. The van der Waals surface area contributed by atoms with Crippen LogP contribution >= 0.6 is 0 Å². The second-order valence-corrected chi connectivity index (χ2v) is 3.83. The van der Waals surface area contributed by atoms with Crippen LogP contribution in [0.1, 0.15) is 28.8 Å². The zero-order valence-corrected chi connectivity index (χ0v) is 10.2. The summed E-state index contributed by atoms with van der Waals surface area (Å²) in [5.74, 6) is -0.174. The molecule has 0 saturated carbocycles. The summed E-state index contributed by atoms with van der Waals surface area (Å²) in [7, 11) is 1.68. The normalized spacial score (nSPS) is 10.2. The maximum absolute atomic E-state index is 10.7. The summed E-state index contributed by atoms with van der Waals surface area (Å²) in [4.78, 5) is 10.7. The van der Waals surface area contributed by atoms with Gasteiger partial charge >= 0.3 is 5.97 Å². The largest absolute Gasteiger partial charge is 0.493 e. The standard InChI is InChI=1S/C13H18O4/c1-10-9-11(13(14)15)5-6-12(10)17-8-4-3-7-16-2/h5-6,9H,3-4,7-8H2,1-2H3,(H,14,15). The molecule has 1 aromatic rings. The van der Waals surface area contributed by atoms with E-state index in [1.54, 1.807) is 25.3 Å². The Morgan fingerprint density at radius 3 is 2.59 bits per heavy atom. The quantitative estimate of drug-likeness (QED) is 0.741.